The van der Waals surface area contributed by atoms with Crippen molar-refractivity contribution >= 4 is 212 Å². The highest BCUT2D eigenvalue weighted by molar-refractivity contribution is 8.07. The highest BCUT2D eigenvalue weighted by Gasteiger charge is 2.20. The Labute approximate surface area is 896 Å². The summed E-state index contributed by atoms with van der Waals surface area (Å²) < 4.78 is 259. The minimum Gasteiger partial charge on any atom is -0.198 e. The van der Waals surface area contributed by atoms with Gasteiger partial charge in [0, 0.05) is 157 Å². The molecule has 0 saturated heterocycles. The lowest BCUT2D eigenvalue weighted by Gasteiger charge is -2.02. The zero-order valence-corrected chi connectivity index (χ0v) is 96.6. The van der Waals surface area contributed by atoms with Crippen LogP contribution in [0.3, 0.4) is 0 Å². The number of benzene rings is 10. The summed E-state index contributed by atoms with van der Waals surface area (Å²) in [6.07, 6.45) is 13.3. The Morgan fingerprint density at radius 3 is 0.308 bits per heavy atom. The first-order valence-corrected chi connectivity index (χ1v) is 66.9. The van der Waals surface area contributed by atoms with Crippen LogP contribution >= 0.6 is 121 Å². The summed E-state index contributed by atoms with van der Waals surface area (Å²) in [5, 5.41) is 0. The minimum atomic E-state index is -3.38. The Kier molecular flexibility index (Phi) is 78.4. The molecule has 0 radical (unpaired) electrons. The molecule has 0 aliphatic heterocycles. The van der Waals surface area contributed by atoms with Crippen molar-refractivity contribution in [3.8, 4) is 0 Å². The maximum atomic E-state index is 11.6. The van der Waals surface area contributed by atoms with E-state index in [4.69, 9.17) is 32.7 Å². The molecular weight excluding hydrogens is 2210 g/mol. The standard InChI is InChI=1S/9C10H14O3S2.C6H5FS/c9*1-2-3-9-15(11,12)13-14-10-7-5-4-6-8-10;7-8-6-4-2-1-3-5-6/h9*4-8H,2-3,9H2,1H3;1-5H. The van der Waals surface area contributed by atoms with Crippen molar-refractivity contribution in [2.24, 2.45) is 0 Å². The summed E-state index contributed by atoms with van der Waals surface area (Å²) in [4.78, 5) is 7.76. The van der Waals surface area contributed by atoms with Crippen LogP contribution in [0.1, 0.15) is 178 Å². The molecule has 0 saturated carbocycles. The van der Waals surface area contributed by atoms with Gasteiger partial charge in [0.25, 0.3) is 91.1 Å². The van der Waals surface area contributed by atoms with Crippen LogP contribution in [0.4, 0.5) is 3.89 Å². The van der Waals surface area contributed by atoms with Crippen molar-refractivity contribution < 1.29 is 112 Å². The van der Waals surface area contributed by atoms with E-state index in [-0.39, 0.29) is 63.9 Å². The molecule has 0 fully saturated rings. The zero-order valence-electron chi connectivity index (χ0n) is 81.1. The summed E-state index contributed by atoms with van der Waals surface area (Å²) in [7, 11) is -30.4. The average Bonchev–Trinajstić information content (AvgIpc) is 0.946. The fourth-order valence-electron chi connectivity index (χ4n) is 8.77. The van der Waals surface area contributed by atoms with Crippen LogP contribution in [0, 0.1) is 0 Å². The number of hydrogen-bond acceptors (Lipinski definition) is 37. The summed E-state index contributed by atoms with van der Waals surface area (Å²) in [5.74, 6) is 0.780. The van der Waals surface area contributed by atoms with Gasteiger partial charge in [-0.3, -0.25) is 0 Å². The monoisotopic (exact) mass is 2340 g/mol. The van der Waals surface area contributed by atoms with Crippen molar-refractivity contribution in [3.63, 3.8) is 0 Å². The van der Waals surface area contributed by atoms with Gasteiger partial charge in [-0.15, -0.1) is 0 Å². The maximum absolute atomic E-state index is 11.6. The van der Waals surface area contributed by atoms with Gasteiger partial charge in [0.15, 0.2) is 0 Å². The fraction of sp³-hybridized carbons (Fsp3) is 0.375. The van der Waals surface area contributed by atoms with Crippen LogP contribution in [-0.2, 0) is 124 Å². The van der Waals surface area contributed by atoms with Crippen LogP contribution in [0.5, 0.6) is 0 Å². The molecule has 143 heavy (non-hydrogen) atoms. The summed E-state index contributed by atoms with van der Waals surface area (Å²) in [6.45, 7) is 17.5. The highest BCUT2D eigenvalue weighted by Crippen LogP contribution is 2.30. The van der Waals surface area contributed by atoms with Crippen LogP contribution < -0.4 is 0 Å². The Morgan fingerprint density at radius 2 is 0.238 bits per heavy atom. The lowest BCUT2D eigenvalue weighted by Crippen LogP contribution is -2.06. The molecule has 798 valence electrons. The van der Waals surface area contributed by atoms with E-state index in [2.05, 4.69) is 0 Å². The van der Waals surface area contributed by atoms with Crippen LogP contribution in [0.2, 0.25) is 0 Å². The number of hydrogen-bond donors (Lipinski definition) is 0. The third kappa shape index (κ3) is 80.4. The van der Waals surface area contributed by atoms with Gasteiger partial charge < -0.3 is 0 Å². The molecule has 10 aromatic carbocycles. The molecule has 0 bridgehead atoms. The van der Waals surface area contributed by atoms with E-state index in [1.54, 1.807) is 121 Å². The second-order valence-electron chi connectivity index (χ2n) is 29.1. The Bertz CT molecular complexity index is 4840. The van der Waals surface area contributed by atoms with Gasteiger partial charge in [-0.05, 0) is 179 Å². The average molecular weight is 2350 g/mol. The first kappa shape index (κ1) is 136. The third-order valence-electron chi connectivity index (χ3n) is 16.4. The Morgan fingerprint density at radius 1 is 0.154 bits per heavy atom. The summed E-state index contributed by atoms with van der Waals surface area (Å²) in [5.41, 5.74) is 0. The molecule has 0 atom stereocenters. The van der Waals surface area contributed by atoms with Crippen molar-refractivity contribution in [2.75, 3.05) is 51.8 Å². The van der Waals surface area contributed by atoms with Gasteiger partial charge in [0.1, 0.15) is 0 Å². The lowest BCUT2D eigenvalue weighted by molar-refractivity contribution is 0.513. The largest absolute Gasteiger partial charge is 0.278 e. The predicted octanol–water partition coefficient (Wildman–Crippen LogP) is 28.2. The highest BCUT2D eigenvalue weighted by atomic mass is 32.3. The topological polar surface area (TPSA) is 390 Å². The lowest BCUT2D eigenvalue weighted by atomic mass is 10.4. The molecule has 47 heteroatoms. The molecule has 0 amide bonds. The van der Waals surface area contributed by atoms with Gasteiger partial charge in [-0.2, -0.15) is 112 Å². The molecule has 0 spiro atoms. The van der Waals surface area contributed by atoms with Crippen molar-refractivity contribution in [1.82, 2.24) is 0 Å². The molecule has 0 aromatic heterocycles. The van der Waals surface area contributed by atoms with E-state index in [0.29, 0.717) is 62.7 Å². The van der Waals surface area contributed by atoms with E-state index < -0.39 is 91.1 Å². The Hall–Kier alpha value is -5.18. The van der Waals surface area contributed by atoms with Crippen LogP contribution in [0.25, 0.3) is 0 Å². The van der Waals surface area contributed by atoms with Crippen LogP contribution in [0.15, 0.2) is 352 Å². The SMILES string of the molecule is CCCCS(=O)(=O)OSc1ccccc1.CCCCS(=O)(=O)OSc1ccccc1.CCCCS(=O)(=O)OSc1ccccc1.CCCCS(=O)(=O)OSc1ccccc1.CCCCS(=O)(=O)OSc1ccccc1.CCCCS(=O)(=O)OSc1ccccc1.CCCCS(=O)(=O)OSc1ccccc1.CCCCS(=O)(=O)OSc1ccccc1.CCCCS(=O)(=O)OSc1ccccc1.FSc1ccccc1. The minimum absolute atomic E-state index is 0.0866. The van der Waals surface area contributed by atoms with Gasteiger partial charge in [0.2, 0.25) is 0 Å². The van der Waals surface area contributed by atoms with Crippen molar-refractivity contribution in [3.05, 3.63) is 303 Å². The van der Waals surface area contributed by atoms with E-state index in [9.17, 15) is 79.6 Å². The number of halogens is 1. The van der Waals surface area contributed by atoms with Gasteiger partial charge in [0.05, 0.1) is 63.9 Å². The predicted molar refractivity (Wildman–Crippen MR) is 592 cm³/mol. The van der Waals surface area contributed by atoms with E-state index in [1.807, 2.05) is 244 Å². The molecule has 0 aliphatic rings. The fourth-order valence-corrected chi connectivity index (χ4v) is 26.2. The molecule has 0 N–H and O–H groups in total. The number of unbranched alkanes of at least 4 members (excludes halogenated alkanes) is 9. The molecule has 0 aliphatic carbocycles. The van der Waals surface area contributed by atoms with Gasteiger partial charge in [-0.1, -0.05) is 302 Å². The van der Waals surface area contributed by atoms with E-state index in [1.165, 1.54) is 0 Å². The smallest absolute Gasteiger partial charge is 0.198 e. The summed E-state index contributed by atoms with van der Waals surface area (Å²) >= 11 is 8.28. The molecule has 0 unspecified atom stereocenters. The third-order valence-corrected chi connectivity index (χ3v) is 38.0. The molecule has 0 heterocycles. The molecule has 10 aromatic rings. The normalized spacial score (nSPS) is 11.4. The first-order valence-electron chi connectivity index (χ1n) is 45.3. The molecule has 27 nitrogen and oxygen atoms in total. The van der Waals surface area contributed by atoms with E-state index >= 15 is 0 Å². The molecular formula is C96H131FO27S19. The number of rotatable bonds is 55. The molecule has 10 rings (SSSR count). The quantitative estimate of drug-likeness (QED) is 0.0319. The van der Waals surface area contributed by atoms with Gasteiger partial charge in [-0.25, -0.2) is 0 Å². The second kappa shape index (κ2) is 82.6. The Balaban J connectivity index is 0.000000796. The first-order chi connectivity index (χ1) is 68.2. The zero-order chi connectivity index (χ0) is 106. The summed E-state index contributed by atoms with van der Waals surface area (Å²) in [6, 6.07) is 91.3. The van der Waals surface area contributed by atoms with E-state index in [0.717, 1.165) is 210 Å². The van der Waals surface area contributed by atoms with Crippen molar-refractivity contribution in [2.45, 2.75) is 227 Å². The maximum Gasteiger partial charge on any atom is 0.278 e. The van der Waals surface area contributed by atoms with Gasteiger partial charge >= 0.3 is 0 Å². The van der Waals surface area contributed by atoms with Crippen molar-refractivity contribution in [1.29, 1.82) is 0 Å². The second-order valence-corrected chi connectivity index (χ2v) is 54.1. The van der Waals surface area contributed by atoms with Crippen LogP contribution in [-0.4, -0.2) is 128 Å².